The Balaban J connectivity index is 2.17. The monoisotopic (exact) mass is 199 g/mol. The molecule has 0 saturated carbocycles. The highest BCUT2D eigenvalue weighted by Gasteiger charge is 2.11. The lowest BCUT2D eigenvalue weighted by Crippen LogP contribution is -2.15. The van der Waals surface area contributed by atoms with Gasteiger partial charge in [0.05, 0.1) is 11.3 Å². The van der Waals surface area contributed by atoms with Gasteiger partial charge in [-0.05, 0) is 31.0 Å². The van der Waals surface area contributed by atoms with Crippen LogP contribution in [0.4, 0.5) is 11.4 Å². The van der Waals surface area contributed by atoms with Gasteiger partial charge in [0.15, 0.2) is 0 Å². The fraction of sp³-hybridized carbons (Fsp3) is 0.250. The second-order valence-electron chi connectivity index (χ2n) is 3.70. The summed E-state index contributed by atoms with van der Waals surface area (Å²) in [6.45, 7) is 0. The quantitative estimate of drug-likeness (QED) is 0.567. The zero-order valence-corrected chi connectivity index (χ0v) is 8.40. The van der Waals surface area contributed by atoms with Crippen LogP contribution in [0.15, 0.2) is 30.4 Å². The van der Waals surface area contributed by atoms with Crippen molar-refractivity contribution in [2.24, 2.45) is 0 Å². The van der Waals surface area contributed by atoms with E-state index in [4.69, 9.17) is 11.0 Å². The van der Waals surface area contributed by atoms with Gasteiger partial charge < -0.3 is 11.1 Å². The van der Waals surface area contributed by atoms with Gasteiger partial charge in [0.25, 0.3) is 0 Å². The van der Waals surface area contributed by atoms with Gasteiger partial charge in [-0.15, -0.1) is 0 Å². The number of nitrogens with zero attached hydrogens (tertiary/aromatic N) is 1. The van der Waals surface area contributed by atoms with E-state index in [0.717, 1.165) is 18.5 Å². The first-order valence-electron chi connectivity index (χ1n) is 5.01. The Labute approximate surface area is 89.2 Å². The van der Waals surface area contributed by atoms with Gasteiger partial charge in [-0.2, -0.15) is 5.26 Å². The van der Waals surface area contributed by atoms with E-state index < -0.39 is 0 Å². The molecular weight excluding hydrogens is 186 g/mol. The van der Waals surface area contributed by atoms with Crippen LogP contribution in [-0.2, 0) is 0 Å². The average Bonchev–Trinajstić information content (AvgIpc) is 2.73. The summed E-state index contributed by atoms with van der Waals surface area (Å²) in [5.41, 5.74) is 7.73. The molecule has 0 bridgehead atoms. The molecule has 76 valence electrons. The van der Waals surface area contributed by atoms with E-state index in [1.54, 1.807) is 6.07 Å². The van der Waals surface area contributed by atoms with E-state index in [1.165, 1.54) is 0 Å². The van der Waals surface area contributed by atoms with Crippen LogP contribution in [0.5, 0.6) is 0 Å². The van der Waals surface area contributed by atoms with E-state index in [0.29, 0.717) is 17.3 Å². The number of nitrogen functional groups attached to an aromatic ring is 1. The predicted molar refractivity (Wildman–Crippen MR) is 61.4 cm³/mol. The van der Waals surface area contributed by atoms with Crippen LogP contribution >= 0.6 is 0 Å². The standard InChI is InChI=1S/C12H13N3/c13-8-9-7-10(14)5-6-12(9)15-11-3-1-2-4-11/h1-2,5-7,11,15H,3-4,14H2. The van der Waals surface area contributed by atoms with Crippen LogP contribution in [0.3, 0.4) is 0 Å². The highest BCUT2D eigenvalue weighted by molar-refractivity contribution is 5.63. The summed E-state index contributed by atoms with van der Waals surface area (Å²) >= 11 is 0. The molecule has 3 nitrogen and oxygen atoms in total. The first kappa shape index (κ1) is 9.60. The molecule has 0 unspecified atom stereocenters. The van der Waals surface area contributed by atoms with Gasteiger partial charge in [-0.1, -0.05) is 12.2 Å². The SMILES string of the molecule is N#Cc1cc(N)ccc1NC1CC=CC1. The largest absolute Gasteiger partial charge is 0.399 e. The number of nitrogens with one attached hydrogen (secondary N) is 1. The number of nitrogens with two attached hydrogens (primary N) is 1. The summed E-state index contributed by atoms with van der Waals surface area (Å²) < 4.78 is 0. The Hall–Kier alpha value is -1.95. The highest BCUT2D eigenvalue weighted by Crippen LogP contribution is 2.22. The molecule has 0 radical (unpaired) electrons. The summed E-state index contributed by atoms with van der Waals surface area (Å²) in [6.07, 6.45) is 6.35. The molecule has 3 heteroatoms. The minimum atomic E-state index is 0.417. The third-order valence-electron chi connectivity index (χ3n) is 2.53. The van der Waals surface area contributed by atoms with Gasteiger partial charge in [0.2, 0.25) is 0 Å². The number of rotatable bonds is 2. The van der Waals surface area contributed by atoms with Crippen molar-refractivity contribution < 1.29 is 0 Å². The van der Waals surface area contributed by atoms with Gasteiger partial charge >= 0.3 is 0 Å². The summed E-state index contributed by atoms with van der Waals surface area (Å²) in [5.74, 6) is 0. The summed E-state index contributed by atoms with van der Waals surface area (Å²) in [6, 6.07) is 7.94. The molecular formula is C12H13N3. The summed E-state index contributed by atoms with van der Waals surface area (Å²) in [4.78, 5) is 0. The number of anilines is 2. The fourth-order valence-corrected chi connectivity index (χ4v) is 1.74. The maximum absolute atomic E-state index is 8.96. The zero-order chi connectivity index (χ0) is 10.7. The Morgan fingerprint density at radius 2 is 2.07 bits per heavy atom. The van der Waals surface area contributed by atoms with E-state index in [9.17, 15) is 0 Å². The van der Waals surface area contributed by atoms with Crippen molar-refractivity contribution >= 4 is 11.4 Å². The topological polar surface area (TPSA) is 61.8 Å². The predicted octanol–water partition coefficient (Wildman–Crippen LogP) is 2.27. The average molecular weight is 199 g/mol. The number of benzene rings is 1. The van der Waals surface area contributed by atoms with E-state index in [1.807, 2.05) is 12.1 Å². The molecule has 1 aliphatic carbocycles. The first-order chi connectivity index (χ1) is 7.29. The van der Waals surface area contributed by atoms with E-state index in [2.05, 4.69) is 23.5 Å². The van der Waals surface area contributed by atoms with Gasteiger partial charge in [0, 0.05) is 11.7 Å². The summed E-state index contributed by atoms with van der Waals surface area (Å²) in [7, 11) is 0. The van der Waals surface area contributed by atoms with Gasteiger partial charge in [0.1, 0.15) is 6.07 Å². The molecule has 0 aromatic heterocycles. The molecule has 1 aliphatic rings. The molecule has 0 atom stereocenters. The minimum Gasteiger partial charge on any atom is -0.399 e. The zero-order valence-electron chi connectivity index (χ0n) is 8.40. The number of nitriles is 1. The van der Waals surface area contributed by atoms with Crippen molar-refractivity contribution in [1.29, 1.82) is 5.26 Å². The molecule has 2 rings (SSSR count). The lowest BCUT2D eigenvalue weighted by molar-refractivity contribution is 0.786. The molecule has 1 aromatic rings. The molecule has 0 aliphatic heterocycles. The smallest absolute Gasteiger partial charge is 0.101 e. The first-order valence-corrected chi connectivity index (χ1v) is 5.01. The van der Waals surface area contributed by atoms with Crippen molar-refractivity contribution in [1.82, 2.24) is 0 Å². The molecule has 3 N–H and O–H groups in total. The van der Waals surface area contributed by atoms with Crippen molar-refractivity contribution in [3.8, 4) is 6.07 Å². The molecule has 0 saturated heterocycles. The second kappa shape index (κ2) is 4.05. The summed E-state index contributed by atoms with van der Waals surface area (Å²) in [5, 5.41) is 12.3. The Morgan fingerprint density at radius 3 is 2.73 bits per heavy atom. The van der Waals surface area contributed by atoms with Gasteiger partial charge in [-0.25, -0.2) is 0 Å². The molecule has 0 heterocycles. The van der Waals surface area contributed by atoms with Crippen LogP contribution in [0.1, 0.15) is 18.4 Å². The Morgan fingerprint density at radius 1 is 1.33 bits per heavy atom. The molecule has 1 aromatic carbocycles. The van der Waals surface area contributed by atoms with Gasteiger partial charge in [-0.3, -0.25) is 0 Å². The van der Waals surface area contributed by atoms with E-state index >= 15 is 0 Å². The van der Waals surface area contributed by atoms with Crippen LogP contribution in [0.2, 0.25) is 0 Å². The number of hydrogen-bond acceptors (Lipinski definition) is 3. The van der Waals surface area contributed by atoms with Crippen LogP contribution < -0.4 is 11.1 Å². The molecule has 0 fully saturated rings. The minimum absolute atomic E-state index is 0.417. The lowest BCUT2D eigenvalue weighted by atomic mass is 10.1. The maximum atomic E-state index is 8.96. The van der Waals surface area contributed by atoms with Crippen LogP contribution in [0, 0.1) is 11.3 Å². The van der Waals surface area contributed by atoms with Crippen LogP contribution in [-0.4, -0.2) is 6.04 Å². The van der Waals surface area contributed by atoms with Crippen LogP contribution in [0.25, 0.3) is 0 Å². The third-order valence-corrected chi connectivity index (χ3v) is 2.53. The lowest BCUT2D eigenvalue weighted by Gasteiger charge is -2.14. The highest BCUT2D eigenvalue weighted by atomic mass is 14.9. The number of hydrogen-bond donors (Lipinski definition) is 2. The second-order valence-corrected chi connectivity index (χ2v) is 3.70. The van der Waals surface area contributed by atoms with Crippen molar-refractivity contribution in [2.45, 2.75) is 18.9 Å². The maximum Gasteiger partial charge on any atom is 0.101 e. The molecule has 0 spiro atoms. The van der Waals surface area contributed by atoms with Crippen molar-refractivity contribution in [2.75, 3.05) is 11.1 Å². The molecule has 15 heavy (non-hydrogen) atoms. The fourth-order valence-electron chi connectivity index (χ4n) is 1.74. The molecule has 0 amide bonds. The Kier molecular flexibility index (Phi) is 2.59. The third kappa shape index (κ3) is 2.10. The Bertz CT molecular complexity index is 421. The van der Waals surface area contributed by atoms with E-state index in [-0.39, 0.29) is 0 Å². The van der Waals surface area contributed by atoms with Crippen molar-refractivity contribution in [3.63, 3.8) is 0 Å². The normalized spacial score (nSPS) is 15.1. The van der Waals surface area contributed by atoms with Crippen molar-refractivity contribution in [3.05, 3.63) is 35.9 Å².